The Balaban J connectivity index is 1.46. The van der Waals surface area contributed by atoms with E-state index >= 15 is 0 Å². The van der Waals surface area contributed by atoms with Crippen LogP contribution >= 0.6 is 23.1 Å². The molecule has 0 fully saturated rings. The Labute approximate surface area is 179 Å². The van der Waals surface area contributed by atoms with Crippen LogP contribution in [0.25, 0.3) is 5.69 Å². The predicted octanol–water partition coefficient (Wildman–Crippen LogP) is 4.18. The maximum atomic E-state index is 12.6. The zero-order chi connectivity index (χ0) is 20.9. The average molecular weight is 438 g/mol. The summed E-state index contributed by atoms with van der Waals surface area (Å²) in [6, 6.07) is 14.2. The lowest BCUT2D eigenvalue weighted by Crippen LogP contribution is -2.12. The lowest BCUT2D eigenvalue weighted by molar-refractivity contribution is -0.384. The fourth-order valence-corrected chi connectivity index (χ4v) is 4.34. The van der Waals surface area contributed by atoms with E-state index in [0.29, 0.717) is 10.8 Å². The van der Waals surface area contributed by atoms with Crippen LogP contribution in [0, 0.1) is 10.1 Å². The Morgan fingerprint density at radius 2 is 2.03 bits per heavy atom. The molecule has 0 aliphatic rings. The highest BCUT2D eigenvalue weighted by molar-refractivity contribution is 8.00. The van der Waals surface area contributed by atoms with E-state index < -0.39 is 10.8 Å². The number of thioether (sulfide) groups is 1. The number of amides is 1. The van der Waals surface area contributed by atoms with E-state index in [1.165, 1.54) is 58.4 Å². The van der Waals surface area contributed by atoms with Crippen LogP contribution in [-0.4, -0.2) is 30.6 Å². The van der Waals surface area contributed by atoms with Crippen molar-refractivity contribution in [1.29, 1.82) is 0 Å². The SMILES string of the molecule is O=C(Nc1nnc(SCc2ccccc2)s1)c1ccc(-n2ccnc2)c([N+](=O)[O-])c1. The van der Waals surface area contributed by atoms with Gasteiger partial charge in [0.2, 0.25) is 5.13 Å². The number of nitro benzene ring substituents is 1. The number of nitro groups is 1. The van der Waals surface area contributed by atoms with Crippen LogP contribution in [0.15, 0.2) is 71.6 Å². The van der Waals surface area contributed by atoms with E-state index in [4.69, 9.17) is 0 Å². The molecule has 0 radical (unpaired) electrons. The molecule has 0 atom stereocenters. The molecule has 0 bridgehead atoms. The molecule has 0 aliphatic heterocycles. The van der Waals surface area contributed by atoms with E-state index in [1.807, 2.05) is 30.3 Å². The quantitative estimate of drug-likeness (QED) is 0.199. The molecule has 2 aromatic carbocycles. The molecule has 0 unspecified atom stereocenters. The van der Waals surface area contributed by atoms with Gasteiger partial charge in [0.15, 0.2) is 4.34 Å². The fraction of sp³-hybridized carbons (Fsp3) is 0.0526. The highest BCUT2D eigenvalue weighted by Gasteiger charge is 2.19. The summed E-state index contributed by atoms with van der Waals surface area (Å²) in [5.74, 6) is 0.247. The van der Waals surface area contributed by atoms with Gasteiger partial charge >= 0.3 is 0 Å². The van der Waals surface area contributed by atoms with Crippen molar-refractivity contribution in [2.24, 2.45) is 0 Å². The molecule has 11 heteroatoms. The Morgan fingerprint density at radius 1 is 1.20 bits per heavy atom. The number of imidazole rings is 1. The van der Waals surface area contributed by atoms with Crippen molar-refractivity contribution in [2.45, 2.75) is 10.1 Å². The number of aromatic nitrogens is 4. The summed E-state index contributed by atoms with van der Waals surface area (Å²) in [7, 11) is 0. The zero-order valence-electron chi connectivity index (χ0n) is 15.3. The number of hydrogen-bond acceptors (Lipinski definition) is 8. The molecule has 150 valence electrons. The molecule has 0 spiro atoms. The number of hydrogen-bond donors (Lipinski definition) is 1. The molecule has 2 heterocycles. The van der Waals surface area contributed by atoms with Gasteiger partial charge in [0.1, 0.15) is 5.69 Å². The number of nitrogens with zero attached hydrogens (tertiary/aromatic N) is 5. The van der Waals surface area contributed by atoms with Crippen LogP contribution in [0.5, 0.6) is 0 Å². The number of anilines is 1. The van der Waals surface area contributed by atoms with Gasteiger partial charge in [-0.15, -0.1) is 10.2 Å². The van der Waals surface area contributed by atoms with Crippen molar-refractivity contribution in [3.05, 3.63) is 88.5 Å². The zero-order valence-corrected chi connectivity index (χ0v) is 17.0. The van der Waals surface area contributed by atoms with E-state index in [9.17, 15) is 14.9 Å². The second-order valence-corrected chi connectivity index (χ2v) is 8.23. The second kappa shape index (κ2) is 8.84. The van der Waals surface area contributed by atoms with Gasteiger partial charge in [-0.2, -0.15) is 0 Å². The average Bonchev–Trinajstić information content (AvgIpc) is 3.45. The number of carbonyl (C=O) groups excluding carboxylic acids is 1. The molecule has 0 saturated carbocycles. The molecular formula is C19H14N6O3S2. The number of benzene rings is 2. The van der Waals surface area contributed by atoms with Gasteiger partial charge in [0.25, 0.3) is 11.6 Å². The maximum Gasteiger partial charge on any atom is 0.294 e. The standard InChI is InChI=1S/C19H14N6O3S2/c26-17(14-6-7-15(16(10-14)25(27)28)24-9-8-20-12-24)21-18-22-23-19(30-18)29-11-13-4-2-1-3-5-13/h1-10,12H,11H2,(H,21,22,26). The van der Waals surface area contributed by atoms with Gasteiger partial charge in [0.05, 0.1) is 11.3 Å². The fourth-order valence-electron chi connectivity index (χ4n) is 2.64. The number of nitrogens with one attached hydrogen (secondary N) is 1. The summed E-state index contributed by atoms with van der Waals surface area (Å²) in [6.45, 7) is 0. The number of rotatable bonds is 7. The summed E-state index contributed by atoms with van der Waals surface area (Å²) in [6.07, 6.45) is 4.57. The second-order valence-electron chi connectivity index (χ2n) is 6.03. The molecular weight excluding hydrogens is 424 g/mol. The van der Waals surface area contributed by atoms with Crippen LogP contribution in [0.1, 0.15) is 15.9 Å². The summed E-state index contributed by atoms with van der Waals surface area (Å²) in [4.78, 5) is 27.4. The van der Waals surface area contributed by atoms with Crippen molar-refractivity contribution < 1.29 is 9.72 Å². The molecule has 4 rings (SSSR count). The van der Waals surface area contributed by atoms with E-state index in [1.54, 1.807) is 6.20 Å². The minimum atomic E-state index is -0.532. The molecule has 0 aliphatic carbocycles. The Morgan fingerprint density at radius 3 is 2.77 bits per heavy atom. The van der Waals surface area contributed by atoms with Gasteiger partial charge in [-0.05, 0) is 17.7 Å². The Hall–Kier alpha value is -3.57. The topological polar surface area (TPSA) is 116 Å². The summed E-state index contributed by atoms with van der Waals surface area (Å²) < 4.78 is 2.23. The van der Waals surface area contributed by atoms with Crippen LogP contribution in [0.4, 0.5) is 10.8 Å². The van der Waals surface area contributed by atoms with E-state index in [-0.39, 0.29) is 11.3 Å². The van der Waals surface area contributed by atoms with Gasteiger partial charge in [-0.1, -0.05) is 53.4 Å². The molecule has 30 heavy (non-hydrogen) atoms. The monoisotopic (exact) mass is 438 g/mol. The van der Waals surface area contributed by atoms with Gasteiger partial charge in [-0.3, -0.25) is 20.2 Å². The minimum Gasteiger partial charge on any atom is -0.300 e. The lowest BCUT2D eigenvalue weighted by Gasteiger charge is -2.06. The van der Waals surface area contributed by atoms with Crippen LogP contribution < -0.4 is 5.32 Å². The lowest BCUT2D eigenvalue weighted by atomic mass is 10.1. The van der Waals surface area contributed by atoms with Crippen LogP contribution in [0.2, 0.25) is 0 Å². The maximum absolute atomic E-state index is 12.6. The summed E-state index contributed by atoms with van der Waals surface area (Å²) in [5.41, 5.74) is 1.44. The smallest absolute Gasteiger partial charge is 0.294 e. The molecule has 2 aromatic heterocycles. The third kappa shape index (κ3) is 4.53. The third-order valence-corrected chi connectivity index (χ3v) is 6.09. The van der Waals surface area contributed by atoms with Crippen LogP contribution in [0.3, 0.4) is 0 Å². The number of carbonyl (C=O) groups is 1. The van der Waals surface area contributed by atoms with E-state index in [2.05, 4.69) is 20.5 Å². The first-order chi connectivity index (χ1) is 14.6. The third-order valence-electron chi connectivity index (χ3n) is 4.05. The largest absolute Gasteiger partial charge is 0.300 e. The molecule has 1 amide bonds. The first-order valence-electron chi connectivity index (χ1n) is 8.68. The Kier molecular flexibility index (Phi) is 5.82. The van der Waals surface area contributed by atoms with Crippen molar-refractivity contribution >= 4 is 39.8 Å². The molecule has 0 saturated heterocycles. The van der Waals surface area contributed by atoms with Gasteiger partial charge in [0, 0.05) is 29.8 Å². The molecule has 1 N–H and O–H groups in total. The highest BCUT2D eigenvalue weighted by Crippen LogP contribution is 2.29. The van der Waals surface area contributed by atoms with Gasteiger partial charge in [-0.25, -0.2) is 4.98 Å². The molecule has 4 aromatic rings. The first-order valence-corrected chi connectivity index (χ1v) is 10.5. The van der Waals surface area contributed by atoms with Crippen molar-refractivity contribution in [1.82, 2.24) is 19.7 Å². The Bertz CT molecular complexity index is 1180. The molecule has 9 nitrogen and oxygen atoms in total. The highest BCUT2D eigenvalue weighted by atomic mass is 32.2. The van der Waals surface area contributed by atoms with Crippen molar-refractivity contribution in [2.75, 3.05) is 5.32 Å². The normalized spacial score (nSPS) is 10.7. The predicted molar refractivity (Wildman–Crippen MR) is 114 cm³/mol. The van der Waals surface area contributed by atoms with Crippen LogP contribution in [-0.2, 0) is 5.75 Å². The summed E-state index contributed by atoms with van der Waals surface area (Å²) >= 11 is 2.77. The van der Waals surface area contributed by atoms with Crippen molar-refractivity contribution in [3.63, 3.8) is 0 Å². The van der Waals surface area contributed by atoms with Gasteiger partial charge < -0.3 is 4.57 Å². The summed E-state index contributed by atoms with van der Waals surface area (Å²) in [5, 5.41) is 22.5. The first kappa shape index (κ1) is 19.7. The van der Waals surface area contributed by atoms with E-state index in [0.717, 1.165) is 15.7 Å². The van der Waals surface area contributed by atoms with Crippen molar-refractivity contribution in [3.8, 4) is 5.69 Å². The minimum absolute atomic E-state index is 0.152.